The van der Waals surface area contributed by atoms with Crippen LogP contribution in [0.3, 0.4) is 0 Å². The molecule has 1 unspecified atom stereocenters. The van der Waals surface area contributed by atoms with Crippen molar-refractivity contribution in [2.24, 2.45) is 11.7 Å². The smallest absolute Gasteiger partial charge is 0.179 e. The van der Waals surface area contributed by atoms with Crippen LogP contribution in [0.4, 0.5) is 0 Å². The number of sulfone groups is 1. The van der Waals surface area contributed by atoms with E-state index in [0.717, 1.165) is 19.5 Å². The molecule has 1 aromatic carbocycles. The second kappa shape index (κ2) is 6.58. The first-order chi connectivity index (χ1) is 9.88. The first kappa shape index (κ1) is 16.0. The van der Waals surface area contributed by atoms with Gasteiger partial charge >= 0.3 is 0 Å². The molecule has 3 N–H and O–H groups in total. The lowest BCUT2D eigenvalue weighted by atomic mass is 10.0. The number of benzene rings is 1. The van der Waals surface area contributed by atoms with Gasteiger partial charge < -0.3 is 10.6 Å². The molecule has 0 saturated carbocycles. The first-order valence-electron chi connectivity index (χ1n) is 7.28. The largest absolute Gasteiger partial charge is 0.384 e. The van der Waals surface area contributed by atoms with Crippen molar-refractivity contribution in [3.8, 4) is 0 Å². The molecular formula is C15H23N3O2S. The molecule has 1 saturated heterocycles. The van der Waals surface area contributed by atoms with Crippen LogP contribution in [-0.4, -0.2) is 44.5 Å². The lowest BCUT2D eigenvalue weighted by molar-refractivity contribution is 0.193. The van der Waals surface area contributed by atoms with Gasteiger partial charge in [-0.3, -0.25) is 5.41 Å². The van der Waals surface area contributed by atoms with Gasteiger partial charge in [-0.25, -0.2) is 8.42 Å². The van der Waals surface area contributed by atoms with Gasteiger partial charge in [-0.05, 0) is 37.4 Å². The van der Waals surface area contributed by atoms with E-state index in [4.69, 9.17) is 11.1 Å². The minimum atomic E-state index is -3.27. The van der Waals surface area contributed by atoms with Gasteiger partial charge in [-0.1, -0.05) is 19.1 Å². The summed E-state index contributed by atoms with van der Waals surface area (Å²) in [6.45, 7) is 4.77. The fourth-order valence-electron chi connectivity index (χ4n) is 2.70. The van der Waals surface area contributed by atoms with E-state index in [1.165, 1.54) is 18.6 Å². The summed E-state index contributed by atoms with van der Waals surface area (Å²) in [5.74, 6) is 0.733. The number of hydrogen-bond acceptors (Lipinski definition) is 4. The molecular weight excluding hydrogens is 286 g/mol. The van der Waals surface area contributed by atoms with E-state index in [-0.39, 0.29) is 11.6 Å². The van der Waals surface area contributed by atoms with Crippen LogP contribution in [0.25, 0.3) is 0 Å². The number of rotatable bonds is 5. The molecule has 1 heterocycles. The van der Waals surface area contributed by atoms with Crippen LogP contribution in [0.1, 0.15) is 25.3 Å². The van der Waals surface area contributed by atoms with E-state index in [1.807, 2.05) is 0 Å². The molecule has 116 valence electrons. The number of amidine groups is 1. The van der Waals surface area contributed by atoms with Crippen molar-refractivity contribution in [2.75, 3.05) is 25.4 Å². The topological polar surface area (TPSA) is 87.2 Å². The standard InChI is InChI=1S/C15H23N3O2S/c1-12-3-2-8-18(11-12)9-10-21(19,20)14-6-4-13(5-7-14)15(16)17/h4-7,12H,2-3,8-11H2,1H3,(H3,16,17). The monoisotopic (exact) mass is 309 g/mol. The first-order valence-corrected chi connectivity index (χ1v) is 8.93. The van der Waals surface area contributed by atoms with Crippen LogP contribution in [-0.2, 0) is 9.84 Å². The number of nitrogens with one attached hydrogen (secondary N) is 1. The molecule has 2 rings (SSSR count). The van der Waals surface area contributed by atoms with Crippen molar-refractivity contribution in [3.63, 3.8) is 0 Å². The summed E-state index contributed by atoms with van der Waals surface area (Å²) in [4.78, 5) is 2.54. The van der Waals surface area contributed by atoms with Gasteiger partial charge in [0.05, 0.1) is 10.6 Å². The van der Waals surface area contributed by atoms with E-state index >= 15 is 0 Å². The molecule has 0 aromatic heterocycles. The van der Waals surface area contributed by atoms with Gasteiger partial charge in [0.1, 0.15) is 5.84 Å². The SMILES string of the molecule is CC1CCCN(CCS(=O)(=O)c2ccc(C(=N)N)cc2)C1. The maximum atomic E-state index is 12.3. The lowest BCUT2D eigenvalue weighted by Crippen LogP contribution is -2.37. The third-order valence-electron chi connectivity index (χ3n) is 3.94. The molecule has 0 spiro atoms. The van der Waals surface area contributed by atoms with Crippen molar-refractivity contribution in [3.05, 3.63) is 29.8 Å². The maximum Gasteiger partial charge on any atom is 0.179 e. The van der Waals surface area contributed by atoms with Crippen LogP contribution in [0.5, 0.6) is 0 Å². The molecule has 1 aromatic rings. The Morgan fingerprint density at radius 3 is 2.62 bits per heavy atom. The zero-order chi connectivity index (χ0) is 15.5. The van der Waals surface area contributed by atoms with Crippen LogP contribution in [0.2, 0.25) is 0 Å². The molecule has 0 bridgehead atoms. The molecule has 5 nitrogen and oxygen atoms in total. The van der Waals surface area contributed by atoms with Crippen LogP contribution >= 0.6 is 0 Å². The predicted molar refractivity (Wildman–Crippen MR) is 84.3 cm³/mol. The second-order valence-corrected chi connectivity index (χ2v) is 7.91. The van der Waals surface area contributed by atoms with Crippen molar-refractivity contribution in [1.29, 1.82) is 5.41 Å². The Kier molecular flexibility index (Phi) is 5.00. The minimum absolute atomic E-state index is 0.0544. The fraction of sp³-hybridized carbons (Fsp3) is 0.533. The summed E-state index contributed by atoms with van der Waals surface area (Å²) in [6, 6.07) is 6.23. The summed E-state index contributed by atoms with van der Waals surface area (Å²) in [5.41, 5.74) is 5.91. The van der Waals surface area contributed by atoms with Crippen molar-refractivity contribution >= 4 is 15.7 Å². The Balaban J connectivity index is 1.99. The number of piperidine rings is 1. The third kappa shape index (κ3) is 4.28. The van der Waals surface area contributed by atoms with E-state index in [1.54, 1.807) is 12.1 Å². The normalized spacial score (nSPS) is 20.3. The van der Waals surface area contributed by atoms with Crippen molar-refractivity contribution in [1.82, 2.24) is 4.90 Å². The summed E-state index contributed by atoms with van der Waals surface area (Å²) in [6.07, 6.45) is 2.38. The van der Waals surface area contributed by atoms with Gasteiger partial charge in [-0.15, -0.1) is 0 Å². The molecule has 6 heteroatoms. The predicted octanol–water partition coefficient (Wildman–Crippen LogP) is 1.48. The fourth-order valence-corrected chi connectivity index (χ4v) is 3.98. The van der Waals surface area contributed by atoms with Gasteiger partial charge in [0, 0.05) is 18.7 Å². The Bertz CT molecular complexity index is 596. The van der Waals surface area contributed by atoms with E-state index in [2.05, 4.69) is 11.8 Å². The van der Waals surface area contributed by atoms with Crippen LogP contribution in [0, 0.1) is 11.3 Å². The van der Waals surface area contributed by atoms with Crippen LogP contribution < -0.4 is 5.73 Å². The average Bonchev–Trinajstić information content (AvgIpc) is 2.45. The highest BCUT2D eigenvalue weighted by Crippen LogP contribution is 2.17. The quantitative estimate of drug-likeness (QED) is 0.637. The number of nitrogen functional groups attached to an aromatic ring is 1. The van der Waals surface area contributed by atoms with Gasteiger partial charge in [0.15, 0.2) is 9.84 Å². The van der Waals surface area contributed by atoms with Crippen molar-refractivity contribution < 1.29 is 8.42 Å². The maximum absolute atomic E-state index is 12.3. The van der Waals surface area contributed by atoms with E-state index < -0.39 is 9.84 Å². The number of hydrogen-bond donors (Lipinski definition) is 2. The number of nitrogens with two attached hydrogens (primary N) is 1. The zero-order valence-electron chi connectivity index (χ0n) is 12.4. The molecule has 1 atom stereocenters. The summed E-state index contributed by atoms with van der Waals surface area (Å²) >= 11 is 0. The summed E-state index contributed by atoms with van der Waals surface area (Å²) in [7, 11) is -3.27. The van der Waals surface area contributed by atoms with E-state index in [9.17, 15) is 8.42 Å². The van der Waals surface area contributed by atoms with Gasteiger partial charge in [-0.2, -0.15) is 0 Å². The second-order valence-electron chi connectivity index (χ2n) is 5.80. The van der Waals surface area contributed by atoms with Crippen LogP contribution in [0.15, 0.2) is 29.2 Å². The van der Waals surface area contributed by atoms with Gasteiger partial charge in [0.2, 0.25) is 0 Å². The van der Waals surface area contributed by atoms with E-state index in [0.29, 0.717) is 22.9 Å². The summed E-state index contributed by atoms with van der Waals surface area (Å²) < 4.78 is 24.7. The minimum Gasteiger partial charge on any atom is -0.384 e. The Hall–Kier alpha value is -1.40. The highest BCUT2D eigenvalue weighted by Gasteiger charge is 2.20. The lowest BCUT2D eigenvalue weighted by Gasteiger charge is -2.30. The Labute approximate surface area is 126 Å². The third-order valence-corrected chi connectivity index (χ3v) is 5.65. The molecule has 1 fully saturated rings. The average molecular weight is 309 g/mol. The summed E-state index contributed by atoms with van der Waals surface area (Å²) in [5, 5.41) is 7.32. The molecule has 1 aliphatic heterocycles. The highest BCUT2D eigenvalue weighted by atomic mass is 32.2. The highest BCUT2D eigenvalue weighted by molar-refractivity contribution is 7.91. The Morgan fingerprint density at radius 2 is 2.05 bits per heavy atom. The number of likely N-dealkylation sites (tertiary alicyclic amines) is 1. The molecule has 0 radical (unpaired) electrons. The number of nitrogens with zero attached hydrogens (tertiary/aromatic N) is 1. The Morgan fingerprint density at radius 1 is 1.38 bits per heavy atom. The zero-order valence-corrected chi connectivity index (χ0v) is 13.2. The molecule has 21 heavy (non-hydrogen) atoms. The van der Waals surface area contributed by atoms with Crippen molar-refractivity contribution in [2.45, 2.75) is 24.7 Å². The molecule has 0 aliphatic carbocycles. The molecule has 1 aliphatic rings. The molecule has 0 amide bonds. The van der Waals surface area contributed by atoms with Gasteiger partial charge in [0.25, 0.3) is 0 Å².